The minimum Gasteiger partial charge on any atom is -0.329 e. The summed E-state index contributed by atoms with van der Waals surface area (Å²) in [6.07, 6.45) is 0. The van der Waals surface area contributed by atoms with E-state index >= 15 is 0 Å². The van der Waals surface area contributed by atoms with Crippen molar-refractivity contribution in [1.29, 1.82) is 0 Å². The summed E-state index contributed by atoms with van der Waals surface area (Å²) in [5, 5.41) is 0. The monoisotopic (exact) mass is 62.1 g/mol. The van der Waals surface area contributed by atoms with E-state index in [0.29, 0.717) is 13.1 Å². The van der Waals surface area contributed by atoms with Gasteiger partial charge in [0.15, 0.2) is 0 Å². The summed E-state index contributed by atoms with van der Waals surface area (Å²) in [5.74, 6) is 0. The quantitative estimate of drug-likeness (QED) is 0.408. The molecule has 0 radical (unpaired) electrons. The van der Waals surface area contributed by atoms with E-state index in [4.69, 9.17) is 2.82 Å². The van der Waals surface area contributed by atoms with Gasteiger partial charge in [-0.2, -0.15) is 0 Å². The molecule has 4 N–H and O–H groups in total. The van der Waals surface area contributed by atoms with Crippen LogP contribution in [0.3, 0.4) is 0 Å². The van der Waals surface area contributed by atoms with Gasteiger partial charge in [0.25, 0.3) is 0 Å². The zero-order valence-electron chi connectivity index (χ0n) is 4.41. The molecule has 0 aromatic heterocycles. The van der Waals surface area contributed by atoms with Crippen LogP contribution in [0.2, 0.25) is 2.82 Å². The van der Waals surface area contributed by atoms with Gasteiger partial charge >= 0.3 is 0 Å². The second-order valence-electron chi connectivity index (χ2n) is 0.500. The Bertz CT molecular complexity index is 21.5. The Morgan fingerprint density at radius 2 is 2.00 bits per heavy atom. The molecular formula is C2H8N2. The molecule has 0 amide bonds. The molecule has 0 atom stereocenters. The van der Waals surface area contributed by atoms with Crippen molar-refractivity contribution in [3.8, 4) is 0 Å². The van der Waals surface area contributed by atoms with Crippen molar-refractivity contribution < 1.29 is 2.82 Å². The average molecular weight is 62.1 g/mol. The fourth-order valence-electron chi connectivity index (χ4n) is 0. The number of nitrogens with two attached hydrogens (primary N) is 2. The number of hydrogen-bond donors (Lipinski definition) is 2. The van der Waals surface area contributed by atoms with Gasteiger partial charge in [0.05, 0.1) is 0 Å². The first kappa shape index (κ1) is 1.38. The number of rotatable bonds is 3. The van der Waals surface area contributed by atoms with E-state index < -0.39 is 0 Å². The maximum Gasteiger partial charge on any atom is 0.118 e. The van der Waals surface area contributed by atoms with Crippen LogP contribution in [0.15, 0.2) is 0 Å². The van der Waals surface area contributed by atoms with Gasteiger partial charge in [-0.1, -0.05) is 0 Å². The Kier molecular flexibility index (Phi) is 1.01. The van der Waals surface area contributed by atoms with Crippen molar-refractivity contribution in [1.82, 2.24) is 0 Å². The average Bonchev–Trinajstić information content (AvgIpc) is 1.61. The van der Waals surface area contributed by atoms with Crippen molar-refractivity contribution in [2.45, 2.75) is 0 Å². The SMILES string of the molecule is [2H]NCCN[2H]. The van der Waals surface area contributed by atoms with E-state index in [2.05, 4.69) is 11.5 Å². The molecule has 0 aliphatic heterocycles. The van der Waals surface area contributed by atoms with E-state index in [-0.39, 0.29) is 0 Å². The van der Waals surface area contributed by atoms with Crippen molar-refractivity contribution >= 4 is 0 Å². The molecule has 0 heterocycles. The first-order valence-corrected chi connectivity index (χ1v) is 1.21. The standard InChI is InChI=1S/C2H8N2/c3-1-2-4/h1-4H2/i/hD2. The highest BCUT2D eigenvalue weighted by atomic mass is 14.6. The van der Waals surface area contributed by atoms with Crippen molar-refractivity contribution in [2.24, 2.45) is 11.5 Å². The summed E-state index contributed by atoms with van der Waals surface area (Å²) in [6.45, 7) is 1.06. The van der Waals surface area contributed by atoms with Gasteiger partial charge < -0.3 is 11.5 Å². The third kappa shape index (κ3) is 1.92. The molecule has 4 heavy (non-hydrogen) atoms. The summed E-state index contributed by atoms with van der Waals surface area (Å²) in [4.78, 5) is 0. The molecule has 0 spiro atoms. The summed E-state index contributed by atoms with van der Waals surface area (Å²) in [7, 11) is 0. The predicted molar refractivity (Wildman–Crippen MR) is 18.1 cm³/mol. The van der Waals surface area contributed by atoms with Crippen LogP contribution in [0.1, 0.15) is 0 Å². The van der Waals surface area contributed by atoms with Crippen LogP contribution in [0, 0.1) is 0 Å². The Balaban J connectivity index is 2.34. The van der Waals surface area contributed by atoms with E-state index in [1.54, 1.807) is 0 Å². The second-order valence-corrected chi connectivity index (χ2v) is 0.500. The minimum absolute atomic E-state index is 0.531. The van der Waals surface area contributed by atoms with Gasteiger partial charge in [-0.05, 0) is 0 Å². The van der Waals surface area contributed by atoms with Gasteiger partial charge in [0, 0.05) is 13.1 Å². The number of hydrogen-bond acceptors (Lipinski definition) is 2. The molecule has 0 rings (SSSR count). The van der Waals surface area contributed by atoms with Crippen LogP contribution >= 0.6 is 0 Å². The Morgan fingerprint density at radius 1 is 1.50 bits per heavy atom. The fraction of sp³-hybridized carbons (Fsp3) is 1.00. The molecule has 0 unspecified atom stereocenters. The third-order valence-electron chi connectivity index (χ3n) is 0.125. The lowest BCUT2D eigenvalue weighted by Gasteiger charge is -1.72. The molecule has 0 aromatic rings. The van der Waals surface area contributed by atoms with Crippen LogP contribution in [0.5, 0.6) is 0 Å². The Morgan fingerprint density at radius 3 is 2.25 bits per heavy atom. The Labute approximate surface area is 28.7 Å². The molecule has 26 valence electrons. The van der Waals surface area contributed by atoms with E-state index in [1.807, 2.05) is 0 Å². The molecule has 2 heteroatoms. The molecule has 0 saturated heterocycles. The highest BCUT2D eigenvalue weighted by molar-refractivity contribution is 4.26. The summed E-state index contributed by atoms with van der Waals surface area (Å²) in [6, 6.07) is 0. The second kappa shape index (κ2) is 2.92. The molecular weight excluding hydrogens is 52.0 g/mol. The predicted octanol–water partition coefficient (Wildman–Crippen LogP) is -1.10. The molecule has 0 fully saturated rings. The van der Waals surface area contributed by atoms with E-state index in [0.717, 1.165) is 0 Å². The van der Waals surface area contributed by atoms with Crippen LogP contribution in [-0.2, 0) is 0 Å². The van der Waals surface area contributed by atoms with Gasteiger partial charge in [-0.15, -0.1) is 0 Å². The van der Waals surface area contributed by atoms with Gasteiger partial charge in [0.2, 0.25) is 0 Å². The van der Waals surface area contributed by atoms with Crippen LogP contribution < -0.4 is 11.5 Å². The van der Waals surface area contributed by atoms with Gasteiger partial charge in [-0.25, -0.2) is 0 Å². The first-order valence-electron chi connectivity index (χ1n) is 2.21. The van der Waals surface area contributed by atoms with Crippen molar-refractivity contribution in [3.63, 3.8) is 0 Å². The van der Waals surface area contributed by atoms with E-state index in [9.17, 15) is 0 Å². The summed E-state index contributed by atoms with van der Waals surface area (Å²) >= 11 is 0. The zero-order valence-corrected chi connectivity index (χ0v) is 2.41. The largest absolute Gasteiger partial charge is 0.329 e. The molecule has 0 saturated carbocycles. The molecule has 0 bridgehead atoms. The van der Waals surface area contributed by atoms with Crippen LogP contribution in [0.25, 0.3) is 0 Å². The summed E-state index contributed by atoms with van der Waals surface area (Å²) < 4.78 is 12.7. The molecule has 2 nitrogen and oxygen atoms in total. The van der Waals surface area contributed by atoms with Crippen LogP contribution in [0.4, 0.5) is 0 Å². The third-order valence-corrected chi connectivity index (χ3v) is 0.125. The zero-order chi connectivity index (χ0) is 4.83. The highest BCUT2D eigenvalue weighted by Gasteiger charge is 1.54. The Hall–Kier alpha value is -0.0800. The van der Waals surface area contributed by atoms with Gasteiger partial charge in [0.1, 0.15) is 2.82 Å². The van der Waals surface area contributed by atoms with Crippen molar-refractivity contribution in [3.05, 3.63) is 0 Å². The molecule has 0 aromatic carbocycles. The smallest absolute Gasteiger partial charge is 0.118 e. The molecule has 0 aliphatic carbocycles. The lowest BCUT2D eigenvalue weighted by atomic mass is 10.7. The van der Waals surface area contributed by atoms with Crippen LogP contribution in [-0.4, -0.2) is 13.1 Å². The van der Waals surface area contributed by atoms with Crippen molar-refractivity contribution in [2.75, 3.05) is 13.1 Å². The van der Waals surface area contributed by atoms with E-state index in [1.165, 1.54) is 0 Å². The lowest BCUT2D eigenvalue weighted by molar-refractivity contribution is 0.976. The fourth-order valence-corrected chi connectivity index (χ4v) is 0. The highest BCUT2D eigenvalue weighted by Crippen LogP contribution is 1.24. The van der Waals surface area contributed by atoms with Gasteiger partial charge in [-0.3, -0.25) is 0 Å². The first-order chi connectivity index (χ1) is 2.91. The maximum atomic E-state index is 6.33. The minimum atomic E-state index is 0.531. The molecule has 0 aliphatic rings. The maximum absolute atomic E-state index is 6.33. The normalized spacial score (nSPS) is 14.0. The lowest BCUT2D eigenvalue weighted by Crippen LogP contribution is -2.11. The summed E-state index contributed by atoms with van der Waals surface area (Å²) in [5.41, 5.74) is 4.27. The topological polar surface area (TPSA) is 52.0 Å².